The van der Waals surface area contributed by atoms with Gasteiger partial charge in [-0.3, -0.25) is 19.2 Å². The summed E-state index contributed by atoms with van der Waals surface area (Å²) in [6, 6.07) is 8.62. The van der Waals surface area contributed by atoms with Gasteiger partial charge in [0.05, 0.1) is 13.2 Å². The molecule has 3 aromatic carbocycles. The summed E-state index contributed by atoms with van der Waals surface area (Å²) in [4.78, 5) is 52.1. The van der Waals surface area contributed by atoms with E-state index in [4.69, 9.17) is 16.3 Å². The average molecular weight is 686 g/mol. The summed E-state index contributed by atoms with van der Waals surface area (Å²) in [7, 11) is 1.34. The largest absolute Gasteiger partial charge is 0.497 e. The van der Waals surface area contributed by atoms with Crippen molar-refractivity contribution in [3.8, 4) is 5.75 Å². The lowest BCUT2D eigenvalue weighted by Gasteiger charge is -2.28. The predicted molar refractivity (Wildman–Crippen MR) is 159 cm³/mol. The molecule has 252 valence electrons. The fourth-order valence-electron chi connectivity index (χ4n) is 4.46. The number of benzene rings is 3. The second-order valence-corrected chi connectivity index (χ2v) is 11.2. The Labute approximate surface area is 270 Å². The fourth-order valence-corrected chi connectivity index (χ4v) is 4.65. The highest BCUT2D eigenvalue weighted by molar-refractivity contribution is 6.30. The number of hydrogen-bond donors (Lipinski definition) is 3. The van der Waals surface area contributed by atoms with Crippen LogP contribution >= 0.6 is 11.6 Å². The van der Waals surface area contributed by atoms with E-state index >= 15 is 8.78 Å². The quantitative estimate of drug-likeness (QED) is 0.208. The van der Waals surface area contributed by atoms with E-state index in [1.807, 2.05) is 10.6 Å². The number of amides is 3. The smallest absolute Gasteiger partial charge is 0.452 e. The topological polar surface area (TPSA) is 114 Å². The average Bonchev–Trinajstić information content (AvgIpc) is 3.01. The van der Waals surface area contributed by atoms with E-state index < -0.39 is 77.4 Å². The van der Waals surface area contributed by atoms with Crippen molar-refractivity contribution in [3.05, 3.63) is 100 Å². The molecular weight excluding hydrogens is 656 g/mol. The number of ether oxygens (including phenoxy) is 1. The zero-order chi connectivity index (χ0) is 35.1. The molecule has 3 atom stereocenters. The van der Waals surface area contributed by atoms with E-state index in [2.05, 4.69) is 5.32 Å². The summed E-state index contributed by atoms with van der Waals surface area (Å²) in [5.74, 6) is -12.3. The van der Waals surface area contributed by atoms with Crippen molar-refractivity contribution in [2.75, 3.05) is 7.11 Å². The van der Waals surface area contributed by atoms with Crippen LogP contribution in [0, 0.1) is 11.7 Å². The van der Waals surface area contributed by atoms with Crippen molar-refractivity contribution in [1.29, 1.82) is 0 Å². The summed E-state index contributed by atoms with van der Waals surface area (Å²) < 4.78 is 89.4. The minimum atomic E-state index is -5.30. The molecule has 47 heavy (non-hydrogen) atoms. The molecular formula is C32H30ClF6N3O5. The lowest BCUT2D eigenvalue weighted by Crippen LogP contribution is -2.56. The summed E-state index contributed by atoms with van der Waals surface area (Å²) in [6.07, 6.45) is -5.84. The van der Waals surface area contributed by atoms with Crippen molar-refractivity contribution in [2.45, 2.75) is 50.5 Å². The highest BCUT2D eigenvalue weighted by atomic mass is 35.5. The Bertz CT molecular complexity index is 1600. The molecule has 0 heterocycles. The van der Waals surface area contributed by atoms with Gasteiger partial charge in [0.15, 0.2) is 0 Å². The molecule has 0 saturated heterocycles. The number of nitrogens with one attached hydrogen (secondary N) is 3. The summed E-state index contributed by atoms with van der Waals surface area (Å²) in [5, 5.41) is 6.13. The first kappa shape index (κ1) is 36.9. The van der Waals surface area contributed by atoms with Gasteiger partial charge in [0.1, 0.15) is 23.7 Å². The molecule has 3 rings (SSSR count). The minimum absolute atomic E-state index is 0.00120. The van der Waals surface area contributed by atoms with Crippen molar-refractivity contribution in [1.82, 2.24) is 16.0 Å². The molecule has 0 fully saturated rings. The van der Waals surface area contributed by atoms with E-state index in [0.717, 1.165) is 24.3 Å². The van der Waals surface area contributed by atoms with Crippen LogP contribution in [-0.2, 0) is 31.5 Å². The molecule has 15 heteroatoms. The van der Waals surface area contributed by atoms with Crippen LogP contribution in [0.2, 0.25) is 5.02 Å². The number of hydrogen-bond acceptors (Lipinski definition) is 5. The second kappa shape index (κ2) is 15.3. The van der Waals surface area contributed by atoms with E-state index in [1.165, 1.54) is 69.5 Å². The lowest BCUT2D eigenvalue weighted by molar-refractivity contribution is -0.175. The van der Waals surface area contributed by atoms with E-state index in [9.17, 15) is 36.7 Å². The van der Waals surface area contributed by atoms with Gasteiger partial charge in [-0.1, -0.05) is 61.8 Å². The predicted octanol–water partition coefficient (Wildman–Crippen LogP) is 5.44. The lowest BCUT2D eigenvalue weighted by atomic mass is 9.97. The van der Waals surface area contributed by atoms with Crippen LogP contribution in [-0.4, -0.2) is 48.9 Å². The normalized spacial score (nSPS) is 13.7. The molecule has 0 aliphatic rings. The van der Waals surface area contributed by atoms with Crippen molar-refractivity contribution in [3.63, 3.8) is 0 Å². The molecule has 0 spiro atoms. The van der Waals surface area contributed by atoms with Gasteiger partial charge >= 0.3 is 12.1 Å². The number of carbonyl (C=O) groups is 4. The van der Waals surface area contributed by atoms with Crippen molar-refractivity contribution >= 4 is 35.1 Å². The third kappa shape index (κ3) is 9.70. The fraction of sp³-hybridized carbons (Fsp3) is 0.312. The molecule has 3 N–H and O–H groups in total. The molecule has 3 aromatic rings. The number of rotatable bonds is 13. The maximum atomic E-state index is 15.2. The molecule has 0 radical (unpaired) electrons. The molecule has 0 aromatic heterocycles. The van der Waals surface area contributed by atoms with Crippen molar-refractivity contribution < 1.29 is 50.3 Å². The number of methoxy groups -OCH3 is 1. The van der Waals surface area contributed by atoms with E-state index in [1.54, 1.807) is 0 Å². The number of halogens is 7. The molecule has 3 amide bonds. The highest BCUT2D eigenvalue weighted by Gasteiger charge is 2.46. The van der Waals surface area contributed by atoms with Gasteiger partial charge in [0.25, 0.3) is 11.7 Å². The molecule has 0 aliphatic carbocycles. The number of ketones is 1. The van der Waals surface area contributed by atoms with Gasteiger partial charge in [0.2, 0.25) is 11.8 Å². The van der Waals surface area contributed by atoms with Crippen LogP contribution < -0.4 is 20.7 Å². The molecule has 0 saturated carbocycles. The van der Waals surface area contributed by atoms with Crippen LogP contribution in [0.5, 0.6) is 5.75 Å². The van der Waals surface area contributed by atoms with Crippen LogP contribution in [0.1, 0.15) is 36.6 Å². The van der Waals surface area contributed by atoms with Crippen molar-refractivity contribution in [2.24, 2.45) is 5.92 Å². The zero-order valence-electron chi connectivity index (χ0n) is 25.1. The SMILES string of the molecule is COc1ccc(C(NC(=O)C(Cc2cccc(F)c2)NC(=O)C(F)(F)c2cccc(Cl)c2)C(=O)NC(C(=O)C(F)(F)F)C(C)C)cc1. The van der Waals surface area contributed by atoms with Gasteiger partial charge in [-0.15, -0.1) is 0 Å². The summed E-state index contributed by atoms with van der Waals surface area (Å²) in [5.41, 5.74) is -0.701. The maximum absolute atomic E-state index is 15.2. The Hall–Kier alpha value is -4.59. The third-order valence-corrected chi connectivity index (χ3v) is 7.18. The van der Waals surface area contributed by atoms with Gasteiger partial charge in [-0.2, -0.15) is 22.0 Å². The van der Waals surface area contributed by atoms with Gasteiger partial charge < -0.3 is 20.7 Å². The molecule has 8 nitrogen and oxygen atoms in total. The molecule has 3 unspecified atom stereocenters. The highest BCUT2D eigenvalue weighted by Crippen LogP contribution is 2.30. The zero-order valence-corrected chi connectivity index (χ0v) is 25.9. The van der Waals surface area contributed by atoms with Crippen LogP contribution in [0.15, 0.2) is 72.8 Å². The number of alkyl halides is 5. The maximum Gasteiger partial charge on any atom is 0.452 e. The Morgan fingerprint density at radius 2 is 1.47 bits per heavy atom. The first-order valence-corrected chi connectivity index (χ1v) is 14.4. The molecule has 0 aliphatic heterocycles. The Morgan fingerprint density at radius 1 is 0.830 bits per heavy atom. The van der Waals surface area contributed by atoms with Gasteiger partial charge in [0, 0.05) is 17.0 Å². The van der Waals surface area contributed by atoms with Crippen LogP contribution in [0.25, 0.3) is 0 Å². The number of carbonyl (C=O) groups excluding carboxylic acids is 4. The van der Waals surface area contributed by atoms with Crippen LogP contribution in [0.3, 0.4) is 0 Å². The molecule has 0 bridgehead atoms. The van der Waals surface area contributed by atoms with E-state index in [0.29, 0.717) is 5.75 Å². The monoisotopic (exact) mass is 685 g/mol. The Kier molecular flexibility index (Phi) is 12.0. The minimum Gasteiger partial charge on any atom is -0.497 e. The van der Waals surface area contributed by atoms with E-state index in [-0.39, 0.29) is 16.1 Å². The third-order valence-electron chi connectivity index (χ3n) is 6.95. The Balaban J connectivity index is 2.00. The second-order valence-electron chi connectivity index (χ2n) is 10.8. The van der Waals surface area contributed by atoms with Gasteiger partial charge in [-0.05, 0) is 53.4 Å². The standard InChI is InChI=1S/C32H30ClF6N3O5/c1-17(2)25(27(43)32(37,38)39)41-29(45)26(19-10-12-23(47-3)13-11-19)42-28(44)24(15-18-6-4-9-22(34)14-18)40-30(46)31(35,36)20-7-5-8-21(33)16-20/h4-14,16-17,24-26H,15H2,1-3H3,(H,40,46)(H,41,45)(H,42,44). The summed E-state index contributed by atoms with van der Waals surface area (Å²) in [6.45, 7) is 2.53. The Morgan fingerprint density at radius 3 is 2.02 bits per heavy atom. The first-order valence-electron chi connectivity index (χ1n) is 14.0. The first-order chi connectivity index (χ1) is 21.9. The van der Waals surface area contributed by atoms with Crippen LogP contribution in [0.4, 0.5) is 26.3 Å². The summed E-state index contributed by atoms with van der Waals surface area (Å²) >= 11 is 5.80. The van der Waals surface area contributed by atoms with Gasteiger partial charge in [-0.25, -0.2) is 4.39 Å². The number of Topliss-reactive ketones (excluding diaryl/α,β-unsaturated/α-hetero) is 1.